The van der Waals surface area contributed by atoms with Gasteiger partial charge in [0.1, 0.15) is 11.8 Å². The van der Waals surface area contributed by atoms with E-state index in [-0.39, 0.29) is 5.75 Å². The van der Waals surface area contributed by atoms with E-state index < -0.39 is 22.0 Å². The summed E-state index contributed by atoms with van der Waals surface area (Å²) in [6.07, 6.45) is 0. The summed E-state index contributed by atoms with van der Waals surface area (Å²) in [6.45, 7) is 2.81. The van der Waals surface area contributed by atoms with Crippen molar-refractivity contribution < 1.29 is 23.1 Å². The van der Waals surface area contributed by atoms with Gasteiger partial charge in [-0.3, -0.25) is 4.31 Å². The molecular weight excluding hydrogens is 270 g/mol. The molecule has 1 rings (SSSR count). The summed E-state index contributed by atoms with van der Waals surface area (Å²) >= 11 is 0. The first-order valence-corrected chi connectivity index (χ1v) is 7.33. The Hall–Kier alpha value is -1.76. The van der Waals surface area contributed by atoms with Gasteiger partial charge in [0.05, 0.1) is 18.6 Å². The first-order chi connectivity index (χ1) is 8.83. The van der Waals surface area contributed by atoms with Crippen LogP contribution in [0.1, 0.15) is 13.8 Å². The number of carboxylic acid groups (broad SMARTS) is 1. The highest BCUT2D eigenvalue weighted by molar-refractivity contribution is 7.92. The van der Waals surface area contributed by atoms with Crippen LogP contribution in [-0.4, -0.2) is 38.4 Å². The molecule has 0 saturated carbocycles. The Balaban J connectivity index is 3.27. The van der Waals surface area contributed by atoms with Gasteiger partial charge in [0, 0.05) is 0 Å². The number of ether oxygens (including phenoxy) is 1. The van der Waals surface area contributed by atoms with E-state index in [1.807, 2.05) is 0 Å². The molecule has 0 aliphatic carbocycles. The maximum atomic E-state index is 12.0. The van der Waals surface area contributed by atoms with E-state index in [0.29, 0.717) is 11.4 Å². The third kappa shape index (κ3) is 3.37. The molecule has 0 aliphatic rings. The highest BCUT2D eigenvalue weighted by Crippen LogP contribution is 2.24. The molecule has 6 nitrogen and oxygen atoms in total. The van der Waals surface area contributed by atoms with Crippen molar-refractivity contribution in [2.75, 3.05) is 17.2 Å². The minimum absolute atomic E-state index is 0.170. The second-order valence-electron chi connectivity index (χ2n) is 3.91. The lowest BCUT2D eigenvalue weighted by molar-refractivity contribution is -0.137. The Kier molecular flexibility index (Phi) is 4.77. The number of carbonyl (C=O) groups is 1. The van der Waals surface area contributed by atoms with Crippen LogP contribution in [0, 0.1) is 0 Å². The van der Waals surface area contributed by atoms with Gasteiger partial charge in [0.2, 0.25) is 10.0 Å². The van der Waals surface area contributed by atoms with Gasteiger partial charge < -0.3 is 9.84 Å². The van der Waals surface area contributed by atoms with E-state index in [1.54, 1.807) is 12.1 Å². The van der Waals surface area contributed by atoms with Crippen molar-refractivity contribution in [3.63, 3.8) is 0 Å². The molecule has 0 fully saturated rings. The summed E-state index contributed by atoms with van der Waals surface area (Å²) in [5, 5.41) is 9.04. The molecule has 106 valence electrons. The number of benzene rings is 1. The maximum absolute atomic E-state index is 12.0. The number of anilines is 1. The molecule has 0 spiro atoms. The summed E-state index contributed by atoms with van der Waals surface area (Å²) in [6, 6.07) is 5.04. The molecular formula is C12H17NO5S. The highest BCUT2D eigenvalue weighted by Gasteiger charge is 2.30. The van der Waals surface area contributed by atoms with E-state index in [4.69, 9.17) is 9.84 Å². The standard InChI is InChI=1S/C12H17NO5S/c1-4-19(16,17)13(9(2)12(14)15)10-5-7-11(18-3)8-6-10/h5-9H,4H2,1-3H3,(H,14,15). The number of rotatable bonds is 6. The highest BCUT2D eigenvalue weighted by atomic mass is 32.2. The van der Waals surface area contributed by atoms with Crippen molar-refractivity contribution in [2.45, 2.75) is 19.9 Å². The van der Waals surface area contributed by atoms with Crippen LogP contribution in [0.3, 0.4) is 0 Å². The molecule has 0 amide bonds. The minimum Gasteiger partial charge on any atom is -0.497 e. The van der Waals surface area contributed by atoms with Crippen LogP contribution in [-0.2, 0) is 14.8 Å². The first kappa shape index (κ1) is 15.3. The number of aliphatic carboxylic acids is 1. The van der Waals surface area contributed by atoms with Gasteiger partial charge in [-0.1, -0.05) is 0 Å². The Morgan fingerprint density at radius 1 is 1.37 bits per heavy atom. The van der Waals surface area contributed by atoms with Crippen LogP contribution < -0.4 is 9.04 Å². The third-order valence-electron chi connectivity index (χ3n) is 2.70. The minimum atomic E-state index is -3.67. The maximum Gasteiger partial charge on any atom is 0.327 e. The molecule has 0 heterocycles. The molecule has 7 heteroatoms. The van der Waals surface area contributed by atoms with Crippen LogP contribution >= 0.6 is 0 Å². The molecule has 1 N–H and O–H groups in total. The smallest absolute Gasteiger partial charge is 0.327 e. The molecule has 0 radical (unpaired) electrons. The lowest BCUT2D eigenvalue weighted by Gasteiger charge is -2.27. The van der Waals surface area contributed by atoms with Gasteiger partial charge in [-0.15, -0.1) is 0 Å². The fraction of sp³-hybridized carbons (Fsp3) is 0.417. The van der Waals surface area contributed by atoms with Gasteiger partial charge in [0.25, 0.3) is 0 Å². The van der Waals surface area contributed by atoms with Crippen molar-refractivity contribution in [3.8, 4) is 5.75 Å². The number of nitrogens with zero attached hydrogens (tertiary/aromatic N) is 1. The quantitative estimate of drug-likeness (QED) is 0.853. The zero-order valence-corrected chi connectivity index (χ0v) is 11.8. The van der Waals surface area contributed by atoms with E-state index in [9.17, 15) is 13.2 Å². The molecule has 0 aliphatic heterocycles. The zero-order valence-electron chi connectivity index (χ0n) is 11.0. The Bertz CT molecular complexity index is 538. The van der Waals surface area contributed by atoms with E-state index in [2.05, 4.69) is 0 Å². The SMILES string of the molecule is CCS(=O)(=O)N(c1ccc(OC)cc1)C(C)C(=O)O. The molecule has 1 atom stereocenters. The third-order valence-corrected chi connectivity index (χ3v) is 4.56. The molecule has 0 saturated heterocycles. The van der Waals surface area contributed by atoms with E-state index in [1.165, 1.54) is 33.1 Å². The van der Waals surface area contributed by atoms with Crippen molar-refractivity contribution >= 4 is 21.7 Å². The average molecular weight is 287 g/mol. The average Bonchev–Trinajstić information content (AvgIpc) is 2.39. The van der Waals surface area contributed by atoms with Gasteiger partial charge in [0.15, 0.2) is 0 Å². The summed E-state index contributed by atoms with van der Waals surface area (Å²) in [5.41, 5.74) is 0.303. The Morgan fingerprint density at radius 3 is 2.26 bits per heavy atom. The second kappa shape index (κ2) is 5.92. The number of methoxy groups -OCH3 is 1. The molecule has 1 unspecified atom stereocenters. The van der Waals surface area contributed by atoms with Gasteiger partial charge in [-0.05, 0) is 38.1 Å². The largest absolute Gasteiger partial charge is 0.497 e. The number of hydrogen-bond donors (Lipinski definition) is 1. The summed E-state index contributed by atoms with van der Waals surface area (Å²) in [7, 11) is -2.17. The predicted molar refractivity (Wildman–Crippen MR) is 72.0 cm³/mol. The van der Waals surface area contributed by atoms with Crippen molar-refractivity contribution in [3.05, 3.63) is 24.3 Å². The summed E-state index contributed by atoms with van der Waals surface area (Å²) in [4.78, 5) is 11.1. The summed E-state index contributed by atoms with van der Waals surface area (Å²) in [5.74, 6) is -0.801. The normalized spacial score (nSPS) is 12.8. The van der Waals surface area contributed by atoms with Gasteiger partial charge in [-0.25, -0.2) is 13.2 Å². The fourth-order valence-electron chi connectivity index (χ4n) is 1.59. The number of sulfonamides is 1. The van der Waals surface area contributed by atoms with Crippen molar-refractivity contribution in [2.24, 2.45) is 0 Å². The van der Waals surface area contributed by atoms with Crippen molar-refractivity contribution in [1.82, 2.24) is 0 Å². The van der Waals surface area contributed by atoms with Crippen LogP contribution in [0.2, 0.25) is 0 Å². The lowest BCUT2D eigenvalue weighted by atomic mass is 10.2. The molecule has 1 aromatic carbocycles. The van der Waals surface area contributed by atoms with E-state index >= 15 is 0 Å². The van der Waals surface area contributed by atoms with Gasteiger partial charge in [-0.2, -0.15) is 0 Å². The number of carboxylic acids is 1. The fourth-order valence-corrected chi connectivity index (χ4v) is 2.89. The lowest BCUT2D eigenvalue weighted by Crippen LogP contribution is -2.44. The predicted octanol–water partition coefficient (Wildman–Crippen LogP) is 1.32. The van der Waals surface area contributed by atoms with Gasteiger partial charge >= 0.3 is 5.97 Å². The second-order valence-corrected chi connectivity index (χ2v) is 6.04. The number of hydrogen-bond acceptors (Lipinski definition) is 4. The molecule has 0 aromatic heterocycles. The molecule has 1 aromatic rings. The topological polar surface area (TPSA) is 83.9 Å². The Morgan fingerprint density at radius 2 is 1.89 bits per heavy atom. The molecule has 0 bridgehead atoms. The van der Waals surface area contributed by atoms with E-state index in [0.717, 1.165) is 4.31 Å². The molecule has 19 heavy (non-hydrogen) atoms. The van der Waals surface area contributed by atoms with Crippen LogP contribution in [0.25, 0.3) is 0 Å². The first-order valence-electron chi connectivity index (χ1n) is 5.72. The van der Waals surface area contributed by atoms with Crippen LogP contribution in [0.4, 0.5) is 5.69 Å². The van der Waals surface area contributed by atoms with Crippen LogP contribution in [0.5, 0.6) is 5.75 Å². The monoisotopic (exact) mass is 287 g/mol. The van der Waals surface area contributed by atoms with Crippen molar-refractivity contribution in [1.29, 1.82) is 0 Å². The Labute approximate surface area is 112 Å². The summed E-state index contributed by atoms with van der Waals surface area (Å²) < 4.78 is 30.0. The zero-order chi connectivity index (χ0) is 14.6. The van der Waals surface area contributed by atoms with Crippen LogP contribution in [0.15, 0.2) is 24.3 Å².